The van der Waals surface area contributed by atoms with Gasteiger partial charge < -0.3 is 10.1 Å². The number of H-pyrrole nitrogens is 1. The lowest BCUT2D eigenvalue weighted by molar-refractivity contribution is 0.0940. The Labute approximate surface area is 158 Å². The van der Waals surface area contributed by atoms with Gasteiger partial charge in [-0.25, -0.2) is 5.10 Å². The van der Waals surface area contributed by atoms with Gasteiger partial charge >= 0.3 is 0 Å². The van der Waals surface area contributed by atoms with Crippen LogP contribution in [0, 0.1) is 0 Å². The van der Waals surface area contributed by atoms with Gasteiger partial charge in [-0.2, -0.15) is 9.61 Å². The van der Waals surface area contributed by atoms with E-state index in [9.17, 15) is 9.59 Å². The third kappa shape index (κ3) is 3.70. The number of benzene rings is 1. The summed E-state index contributed by atoms with van der Waals surface area (Å²) in [5, 5.41) is 21.2. The van der Waals surface area contributed by atoms with Crippen LogP contribution in [-0.2, 0) is 0 Å². The molecule has 0 aliphatic carbocycles. The molecule has 0 bridgehead atoms. The average Bonchev–Trinajstić information content (AvgIpc) is 3.15. The maximum absolute atomic E-state index is 11.9. The summed E-state index contributed by atoms with van der Waals surface area (Å²) in [5.74, 6) is 0.577. The molecule has 0 spiro atoms. The first-order valence-electron chi connectivity index (χ1n) is 8.45. The Morgan fingerprint density at radius 2 is 1.93 bits per heavy atom. The fourth-order valence-corrected chi connectivity index (χ4v) is 2.50. The van der Waals surface area contributed by atoms with Gasteiger partial charge in [-0.15, -0.1) is 15.3 Å². The van der Waals surface area contributed by atoms with Crippen LogP contribution >= 0.6 is 0 Å². The smallest absolute Gasteiger partial charge is 0.271 e. The van der Waals surface area contributed by atoms with Gasteiger partial charge in [0, 0.05) is 17.7 Å². The summed E-state index contributed by atoms with van der Waals surface area (Å²) >= 11 is 0. The van der Waals surface area contributed by atoms with Gasteiger partial charge in [0.1, 0.15) is 12.3 Å². The molecule has 0 radical (unpaired) electrons. The van der Waals surface area contributed by atoms with Crippen LogP contribution in [0.4, 0.5) is 0 Å². The van der Waals surface area contributed by atoms with Crippen molar-refractivity contribution in [3.8, 4) is 17.3 Å². The Bertz CT molecular complexity index is 1150. The molecule has 1 amide bonds. The number of carbonyl (C=O) groups is 1. The predicted octanol–water partition coefficient (Wildman–Crippen LogP) is 0.683. The molecule has 0 saturated carbocycles. The number of hydrogen-bond acceptors (Lipinski definition) is 7. The number of amides is 1. The number of carbonyl (C=O) groups excluding carboxylic acids is 1. The highest BCUT2D eigenvalue weighted by Gasteiger charge is 2.10. The van der Waals surface area contributed by atoms with E-state index in [4.69, 9.17) is 4.74 Å². The molecule has 0 fully saturated rings. The minimum Gasteiger partial charge on any atom is -0.475 e. The van der Waals surface area contributed by atoms with Crippen LogP contribution in [0.2, 0.25) is 0 Å². The summed E-state index contributed by atoms with van der Waals surface area (Å²) in [4.78, 5) is 22.9. The van der Waals surface area contributed by atoms with Crippen molar-refractivity contribution in [1.82, 2.24) is 35.3 Å². The molecule has 0 aliphatic heterocycles. The standard InChI is InChI=1S/C18H15N7O3/c26-15-8-6-13(20-22-15)18(27)19-10-11-28-16-9-7-14-21-23-17(25(14)24-16)12-4-2-1-3-5-12/h1-9H,10-11H2,(H,19,27)(H,22,26). The van der Waals surface area contributed by atoms with Crippen LogP contribution in [0.5, 0.6) is 5.88 Å². The van der Waals surface area contributed by atoms with Crippen LogP contribution in [0.15, 0.2) is 59.4 Å². The number of nitrogens with zero attached hydrogens (tertiary/aromatic N) is 5. The van der Waals surface area contributed by atoms with Crippen molar-refractivity contribution < 1.29 is 9.53 Å². The van der Waals surface area contributed by atoms with Crippen molar-refractivity contribution >= 4 is 11.6 Å². The zero-order valence-corrected chi connectivity index (χ0v) is 14.6. The molecule has 10 nitrogen and oxygen atoms in total. The topological polar surface area (TPSA) is 127 Å². The third-order valence-electron chi connectivity index (χ3n) is 3.82. The second-order valence-electron chi connectivity index (χ2n) is 5.74. The van der Waals surface area contributed by atoms with E-state index < -0.39 is 5.91 Å². The molecule has 2 N–H and O–H groups in total. The summed E-state index contributed by atoms with van der Waals surface area (Å²) in [7, 11) is 0. The van der Waals surface area contributed by atoms with Crippen LogP contribution in [-0.4, -0.2) is 49.1 Å². The fraction of sp³-hybridized carbons (Fsp3) is 0.111. The Balaban J connectivity index is 1.39. The van der Waals surface area contributed by atoms with Crippen LogP contribution in [0.25, 0.3) is 17.0 Å². The lowest BCUT2D eigenvalue weighted by atomic mass is 10.2. The molecule has 3 heterocycles. The second-order valence-corrected chi connectivity index (χ2v) is 5.74. The Kier molecular flexibility index (Phi) is 4.74. The van der Waals surface area contributed by atoms with Crippen molar-refractivity contribution in [3.63, 3.8) is 0 Å². The Morgan fingerprint density at radius 3 is 2.71 bits per heavy atom. The minimum atomic E-state index is -0.409. The highest BCUT2D eigenvalue weighted by atomic mass is 16.5. The number of rotatable bonds is 6. The predicted molar refractivity (Wildman–Crippen MR) is 98.9 cm³/mol. The van der Waals surface area contributed by atoms with Gasteiger partial charge in [-0.1, -0.05) is 30.3 Å². The number of nitrogens with one attached hydrogen (secondary N) is 2. The van der Waals surface area contributed by atoms with E-state index in [0.717, 1.165) is 5.56 Å². The van der Waals surface area contributed by atoms with Crippen molar-refractivity contribution in [2.75, 3.05) is 13.2 Å². The first kappa shape index (κ1) is 17.3. The largest absolute Gasteiger partial charge is 0.475 e. The molecule has 0 unspecified atom stereocenters. The zero-order valence-electron chi connectivity index (χ0n) is 14.6. The summed E-state index contributed by atoms with van der Waals surface area (Å²) in [6.45, 7) is 0.448. The van der Waals surface area contributed by atoms with Gasteiger partial charge in [0.2, 0.25) is 5.88 Å². The first-order valence-corrected chi connectivity index (χ1v) is 8.45. The lowest BCUT2D eigenvalue weighted by Gasteiger charge is -2.07. The van der Waals surface area contributed by atoms with E-state index in [0.29, 0.717) is 17.4 Å². The lowest BCUT2D eigenvalue weighted by Crippen LogP contribution is -2.29. The molecule has 3 aromatic heterocycles. The number of fused-ring (bicyclic) bond motifs is 1. The van der Waals surface area contributed by atoms with E-state index in [1.54, 1.807) is 16.6 Å². The van der Waals surface area contributed by atoms with E-state index in [-0.39, 0.29) is 24.4 Å². The Hall–Kier alpha value is -4.08. The third-order valence-corrected chi connectivity index (χ3v) is 3.82. The van der Waals surface area contributed by atoms with E-state index in [1.807, 2.05) is 30.3 Å². The van der Waals surface area contributed by atoms with Gasteiger partial charge in [-0.05, 0) is 12.1 Å². The molecule has 0 saturated heterocycles. The molecule has 0 atom stereocenters. The van der Waals surface area contributed by atoms with E-state index in [1.165, 1.54) is 12.1 Å². The zero-order chi connectivity index (χ0) is 19.3. The number of ether oxygens (including phenoxy) is 1. The monoisotopic (exact) mass is 377 g/mol. The van der Waals surface area contributed by atoms with Gasteiger partial charge in [0.05, 0.1) is 6.54 Å². The van der Waals surface area contributed by atoms with Gasteiger partial charge in [0.25, 0.3) is 11.5 Å². The average molecular weight is 377 g/mol. The highest BCUT2D eigenvalue weighted by molar-refractivity contribution is 5.91. The quantitative estimate of drug-likeness (QED) is 0.473. The molecule has 0 aliphatic rings. The highest BCUT2D eigenvalue weighted by Crippen LogP contribution is 2.18. The van der Waals surface area contributed by atoms with Crippen molar-refractivity contribution in [3.05, 3.63) is 70.6 Å². The molecule has 4 rings (SSSR count). The van der Waals surface area contributed by atoms with E-state index >= 15 is 0 Å². The fourth-order valence-electron chi connectivity index (χ4n) is 2.50. The molecular formula is C18H15N7O3. The van der Waals surface area contributed by atoms with Crippen molar-refractivity contribution in [2.24, 2.45) is 0 Å². The SMILES string of the molecule is O=C(NCCOc1ccc2nnc(-c3ccccc3)n2n1)c1ccc(=O)[nH]n1. The molecule has 1 aromatic carbocycles. The van der Waals surface area contributed by atoms with Crippen molar-refractivity contribution in [2.45, 2.75) is 0 Å². The summed E-state index contributed by atoms with van der Waals surface area (Å²) in [5.41, 5.74) is 1.24. The maximum atomic E-state index is 11.9. The Morgan fingerprint density at radius 1 is 1.07 bits per heavy atom. The molecular weight excluding hydrogens is 362 g/mol. The van der Waals surface area contributed by atoms with Crippen LogP contribution < -0.4 is 15.6 Å². The summed E-state index contributed by atoms with van der Waals surface area (Å²) in [6.07, 6.45) is 0. The molecule has 140 valence electrons. The maximum Gasteiger partial charge on any atom is 0.271 e. The van der Waals surface area contributed by atoms with E-state index in [2.05, 4.69) is 30.8 Å². The molecule has 28 heavy (non-hydrogen) atoms. The molecule has 4 aromatic rings. The van der Waals surface area contributed by atoms with Crippen LogP contribution in [0.1, 0.15) is 10.5 Å². The number of hydrogen-bond donors (Lipinski definition) is 2. The minimum absolute atomic E-state index is 0.121. The number of aromatic nitrogens is 6. The summed E-state index contributed by atoms with van der Waals surface area (Å²) < 4.78 is 7.20. The van der Waals surface area contributed by atoms with Gasteiger partial charge in [-0.3, -0.25) is 9.59 Å². The first-order chi connectivity index (χ1) is 13.7. The normalized spacial score (nSPS) is 10.7. The van der Waals surface area contributed by atoms with Gasteiger partial charge in [0.15, 0.2) is 11.5 Å². The molecule has 10 heteroatoms. The number of aromatic amines is 1. The summed E-state index contributed by atoms with van der Waals surface area (Å²) in [6, 6.07) is 15.6. The second kappa shape index (κ2) is 7.66. The van der Waals surface area contributed by atoms with Crippen molar-refractivity contribution in [1.29, 1.82) is 0 Å². The van der Waals surface area contributed by atoms with Crippen LogP contribution in [0.3, 0.4) is 0 Å².